The Kier molecular flexibility index (Phi) is 20.1. The van der Waals surface area contributed by atoms with Gasteiger partial charge in [0.15, 0.2) is 0 Å². The highest BCUT2D eigenvalue weighted by molar-refractivity contribution is 7.85. The smallest absolute Gasteiger partial charge is 0.264 e. The first kappa shape index (κ1) is 27.9. The molecule has 0 saturated carbocycles. The van der Waals surface area contributed by atoms with Crippen LogP contribution in [0, 0.1) is 0 Å². The number of aliphatic hydroxyl groups excluding tert-OH is 1. The molecule has 0 aromatic heterocycles. The van der Waals surface area contributed by atoms with Crippen molar-refractivity contribution in [2.45, 2.75) is 141 Å². The van der Waals surface area contributed by atoms with Crippen LogP contribution in [0.25, 0.3) is 0 Å². The Morgan fingerprint density at radius 3 is 1.25 bits per heavy atom. The first-order valence-electron chi connectivity index (χ1n) is 12.1. The molecular weight excluding hydrogens is 372 g/mol. The maximum atomic E-state index is 10.6. The molecule has 0 fully saturated rings. The van der Waals surface area contributed by atoms with E-state index in [0.717, 1.165) is 38.5 Å². The van der Waals surface area contributed by atoms with Crippen LogP contribution in [0.2, 0.25) is 0 Å². The molecule has 0 aliphatic rings. The second kappa shape index (κ2) is 20.2. The second-order valence-corrected chi connectivity index (χ2v) is 10.1. The van der Waals surface area contributed by atoms with Crippen LogP contribution in [0.15, 0.2) is 0 Å². The summed E-state index contributed by atoms with van der Waals surface area (Å²) in [6.45, 7) is 2.25. The molecule has 0 rings (SSSR count). The number of rotatable bonds is 22. The van der Waals surface area contributed by atoms with Gasteiger partial charge in [-0.3, -0.25) is 4.55 Å². The van der Waals surface area contributed by atoms with Crippen molar-refractivity contribution >= 4 is 10.1 Å². The largest absolute Gasteiger partial charge is 0.393 e. The minimum Gasteiger partial charge on any atom is -0.393 e. The first-order valence-corrected chi connectivity index (χ1v) is 13.7. The summed E-state index contributed by atoms with van der Waals surface area (Å²) in [5.41, 5.74) is 0. The van der Waals surface area contributed by atoms with Crippen molar-refractivity contribution in [3.05, 3.63) is 0 Å². The molecule has 0 aliphatic carbocycles. The molecule has 0 bridgehead atoms. The van der Waals surface area contributed by atoms with Crippen molar-refractivity contribution in [1.29, 1.82) is 0 Å². The lowest BCUT2D eigenvalue weighted by Crippen LogP contribution is -2.05. The minimum atomic E-state index is -3.77. The second-order valence-electron chi connectivity index (χ2n) is 8.53. The van der Waals surface area contributed by atoms with E-state index in [1.54, 1.807) is 0 Å². The van der Waals surface area contributed by atoms with Crippen LogP contribution in [0.1, 0.15) is 135 Å². The van der Waals surface area contributed by atoms with E-state index >= 15 is 0 Å². The van der Waals surface area contributed by atoms with Gasteiger partial charge in [0, 0.05) is 0 Å². The van der Waals surface area contributed by atoms with Gasteiger partial charge in [-0.25, -0.2) is 0 Å². The fourth-order valence-electron chi connectivity index (χ4n) is 3.74. The zero-order valence-corrected chi connectivity index (χ0v) is 19.4. The maximum Gasteiger partial charge on any atom is 0.264 e. The van der Waals surface area contributed by atoms with Gasteiger partial charge in [0.25, 0.3) is 10.1 Å². The highest BCUT2D eigenvalue weighted by Gasteiger charge is 2.04. The molecule has 1 unspecified atom stereocenters. The standard InChI is InChI=1S/C23H48O4S/c1-2-3-4-5-11-14-17-20-23(24)21-18-15-12-9-7-6-8-10-13-16-19-22-28(25,26)27/h23-24H,2-22H2,1H3,(H,25,26,27). The van der Waals surface area contributed by atoms with Crippen LogP contribution in [0.3, 0.4) is 0 Å². The Morgan fingerprint density at radius 2 is 0.893 bits per heavy atom. The lowest BCUT2D eigenvalue weighted by molar-refractivity contribution is 0.147. The molecule has 0 aliphatic heterocycles. The van der Waals surface area contributed by atoms with Crippen molar-refractivity contribution in [2.24, 2.45) is 0 Å². The minimum absolute atomic E-state index is 0.0866. The monoisotopic (exact) mass is 420 g/mol. The summed E-state index contributed by atoms with van der Waals surface area (Å²) in [6.07, 6.45) is 23.5. The van der Waals surface area contributed by atoms with E-state index in [9.17, 15) is 13.5 Å². The summed E-state index contributed by atoms with van der Waals surface area (Å²) in [7, 11) is -3.77. The van der Waals surface area contributed by atoms with Gasteiger partial charge in [-0.05, 0) is 19.3 Å². The third kappa shape index (κ3) is 23.9. The molecule has 0 saturated heterocycles. The van der Waals surface area contributed by atoms with Gasteiger partial charge in [0.05, 0.1) is 11.9 Å². The zero-order chi connectivity index (χ0) is 20.9. The van der Waals surface area contributed by atoms with Gasteiger partial charge in [0.1, 0.15) is 0 Å². The van der Waals surface area contributed by atoms with Gasteiger partial charge in [-0.2, -0.15) is 8.42 Å². The zero-order valence-electron chi connectivity index (χ0n) is 18.5. The molecule has 5 heteroatoms. The Hall–Kier alpha value is -0.130. The lowest BCUT2D eigenvalue weighted by Gasteiger charge is -2.10. The number of unbranched alkanes of at least 4 members (excludes halogenated alkanes) is 16. The van der Waals surface area contributed by atoms with Crippen LogP contribution in [-0.2, 0) is 10.1 Å². The third-order valence-corrected chi connectivity index (χ3v) is 6.39. The van der Waals surface area contributed by atoms with Gasteiger partial charge in [0.2, 0.25) is 0 Å². The predicted molar refractivity (Wildman–Crippen MR) is 120 cm³/mol. The molecule has 0 aromatic rings. The molecule has 4 nitrogen and oxygen atoms in total. The van der Waals surface area contributed by atoms with Gasteiger partial charge in [-0.1, -0.05) is 116 Å². The van der Waals surface area contributed by atoms with E-state index in [-0.39, 0.29) is 11.9 Å². The average Bonchev–Trinajstić information content (AvgIpc) is 2.64. The van der Waals surface area contributed by atoms with Crippen LogP contribution in [0.5, 0.6) is 0 Å². The van der Waals surface area contributed by atoms with Crippen molar-refractivity contribution in [3.63, 3.8) is 0 Å². The molecule has 2 N–H and O–H groups in total. The van der Waals surface area contributed by atoms with E-state index < -0.39 is 10.1 Å². The normalized spacial score (nSPS) is 13.1. The molecule has 0 heterocycles. The Labute approximate surface area is 175 Å². The highest BCUT2D eigenvalue weighted by atomic mass is 32.2. The molecule has 0 amide bonds. The lowest BCUT2D eigenvalue weighted by atomic mass is 10.0. The summed E-state index contributed by atoms with van der Waals surface area (Å²) in [4.78, 5) is 0. The summed E-state index contributed by atoms with van der Waals surface area (Å²) in [6, 6.07) is 0. The molecule has 0 aromatic carbocycles. The van der Waals surface area contributed by atoms with E-state index in [4.69, 9.17) is 4.55 Å². The molecule has 0 spiro atoms. The van der Waals surface area contributed by atoms with Crippen LogP contribution < -0.4 is 0 Å². The van der Waals surface area contributed by atoms with Gasteiger partial charge in [-0.15, -0.1) is 0 Å². The highest BCUT2D eigenvalue weighted by Crippen LogP contribution is 2.15. The van der Waals surface area contributed by atoms with Gasteiger partial charge >= 0.3 is 0 Å². The molecule has 28 heavy (non-hydrogen) atoms. The Bertz CT molecular complexity index is 409. The first-order chi connectivity index (χ1) is 13.5. The number of hydrogen-bond donors (Lipinski definition) is 2. The van der Waals surface area contributed by atoms with Gasteiger partial charge < -0.3 is 5.11 Å². The average molecular weight is 421 g/mol. The molecule has 170 valence electrons. The third-order valence-electron chi connectivity index (χ3n) is 5.58. The van der Waals surface area contributed by atoms with Crippen molar-refractivity contribution < 1.29 is 18.1 Å². The topological polar surface area (TPSA) is 74.6 Å². The van der Waals surface area contributed by atoms with Crippen LogP contribution >= 0.6 is 0 Å². The van der Waals surface area contributed by atoms with E-state index in [2.05, 4.69) is 6.92 Å². The number of aliphatic hydroxyl groups is 1. The Balaban J connectivity index is 3.18. The fourth-order valence-corrected chi connectivity index (χ4v) is 4.31. The van der Waals surface area contributed by atoms with Crippen molar-refractivity contribution in [2.75, 3.05) is 5.75 Å². The molecular formula is C23H48O4S. The van der Waals surface area contributed by atoms with Crippen molar-refractivity contribution in [3.8, 4) is 0 Å². The van der Waals surface area contributed by atoms with Crippen molar-refractivity contribution in [1.82, 2.24) is 0 Å². The summed E-state index contributed by atoms with van der Waals surface area (Å²) >= 11 is 0. The van der Waals surface area contributed by atoms with E-state index in [0.29, 0.717) is 6.42 Å². The Morgan fingerprint density at radius 1 is 0.571 bits per heavy atom. The maximum absolute atomic E-state index is 10.6. The molecule has 1 atom stereocenters. The summed E-state index contributed by atoms with van der Waals surface area (Å²) in [5, 5.41) is 10.0. The summed E-state index contributed by atoms with van der Waals surface area (Å²) < 4.78 is 29.8. The predicted octanol–water partition coefficient (Wildman–Crippen LogP) is 7.06. The molecule has 0 radical (unpaired) electrons. The van der Waals surface area contributed by atoms with E-state index in [1.165, 1.54) is 83.5 Å². The van der Waals surface area contributed by atoms with E-state index in [1.807, 2.05) is 0 Å². The fraction of sp³-hybridized carbons (Fsp3) is 1.00. The van der Waals surface area contributed by atoms with Crippen LogP contribution in [0.4, 0.5) is 0 Å². The SMILES string of the molecule is CCCCCCCCCC(O)CCCCCCCCCCCCCS(=O)(=O)O. The quantitative estimate of drug-likeness (QED) is 0.145. The number of hydrogen-bond acceptors (Lipinski definition) is 3. The summed E-state index contributed by atoms with van der Waals surface area (Å²) in [5.74, 6) is -0.0965. The van der Waals surface area contributed by atoms with Crippen LogP contribution in [-0.4, -0.2) is 29.9 Å².